The van der Waals surface area contributed by atoms with Crippen LogP contribution in [-0.4, -0.2) is 42.5 Å². The number of carbonyl (C=O) groups excluding carboxylic acids is 2. The Balaban J connectivity index is 1.91. The molecule has 2 aromatic carbocycles. The fourth-order valence-corrected chi connectivity index (χ4v) is 3.43. The van der Waals surface area contributed by atoms with Crippen LogP contribution in [0.25, 0.3) is 6.08 Å². The van der Waals surface area contributed by atoms with Gasteiger partial charge < -0.3 is 14.4 Å². The van der Waals surface area contributed by atoms with E-state index in [0.29, 0.717) is 24.2 Å². The summed E-state index contributed by atoms with van der Waals surface area (Å²) in [5.74, 6) is -0.236. The van der Waals surface area contributed by atoms with E-state index in [-0.39, 0.29) is 22.7 Å². The van der Waals surface area contributed by atoms with Crippen LogP contribution in [0.15, 0.2) is 65.4 Å². The summed E-state index contributed by atoms with van der Waals surface area (Å²) >= 11 is 0. The number of nitro groups is 1. The Bertz CT molecular complexity index is 1090. The van der Waals surface area contributed by atoms with E-state index in [0.717, 1.165) is 11.3 Å². The van der Waals surface area contributed by atoms with E-state index in [1.54, 1.807) is 20.1 Å². The van der Waals surface area contributed by atoms with Crippen molar-refractivity contribution in [2.75, 3.05) is 20.8 Å². The Kier molecular flexibility index (Phi) is 6.49. The van der Waals surface area contributed by atoms with Crippen LogP contribution in [0.3, 0.4) is 0 Å². The summed E-state index contributed by atoms with van der Waals surface area (Å²) in [5, 5.41) is 11.1. The Morgan fingerprint density at radius 1 is 1.16 bits per heavy atom. The molecule has 0 fully saturated rings. The lowest BCUT2D eigenvalue weighted by Gasteiger charge is -2.18. The summed E-state index contributed by atoms with van der Waals surface area (Å²) in [6.07, 6.45) is 2.06. The molecule has 8 heteroatoms. The summed E-state index contributed by atoms with van der Waals surface area (Å²) in [5.41, 5.74) is 2.16. The number of esters is 1. The van der Waals surface area contributed by atoms with Crippen LogP contribution in [0.2, 0.25) is 0 Å². The standard InChI is InChI=1S/C23H22N2O6/c1-15-21(23(27)31-3)20(14-17-5-4-6-18(13-17)25(28)29)22(26)24(15)12-11-16-7-9-19(30-2)10-8-16/h4-10,13-14H,11-12H2,1-3H3/b20-14-. The zero-order chi connectivity index (χ0) is 22.5. The van der Waals surface area contributed by atoms with E-state index in [2.05, 4.69) is 0 Å². The first-order valence-corrected chi connectivity index (χ1v) is 9.56. The molecule has 1 aliphatic heterocycles. The molecule has 0 N–H and O–H groups in total. The Hall–Kier alpha value is -3.94. The highest BCUT2D eigenvalue weighted by molar-refractivity contribution is 6.16. The Morgan fingerprint density at radius 2 is 1.87 bits per heavy atom. The van der Waals surface area contributed by atoms with Crippen LogP contribution in [0, 0.1) is 10.1 Å². The number of non-ortho nitro benzene ring substituents is 1. The molecule has 2 aromatic rings. The van der Waals surface area contributed by atoms with Gasteiger partial charge in [0.25, 0.3) is 11.6 Å². The second kappa shape index (κ2) is 9.25. The molecule has 1 heterocycles. The van der Waals surface area contributed by atoms with Crippen molar-refractivity contribution in [3.05, 3.63) is 86.6 Å². The van der Waals surface area contributed by atoms with Gasteiger partial charge in [-0.1, -0.05) is 24.3 Å². The van der Waals surface area contributed by atoms with Crippen molar-refractivity contribution < 1.29 is 24.0 Å². The molecule has 1 amide bonds. The molecule has 31 heavy (non-hydrogen) atoms. The number of rotatable bonds is 7. The normalized spacial score (nSPS) is 14.9. The third kappa shape index (κ3) is 4.63. The molecular formula is C23H22N2O6. The van der Waals surface area contributed by atoms with Crippen LogP contribution >= 0.6 is 0 Å². The minimum atomic E-state index is -0.630. The summed E-state index contributed by atoms with van der Waals surface area (Å²) < 4.78 is 10.0. The molecule has 0 aromatic heterocycles. The number of hydrogen-bond acceptors (Lipinski definition) is 6. The lowest BCUT2D eigenvalue weighted by atomic mass is 10.0. The van der Waals surface area contributed by atoms with E-state index in [4.69, 9.17) is 9.47 Å². The van der Waals surface area contributed by atoms with E-state index in [1.807, 2.05) is 24.3 Å². The summed E-state index contributed by atoms with van der Waals surface area (Å²) in [6.45, 7) is 2.05. The van der Waals surface area contributed by atoms with Crippen LogP contribution in [0.4, 0.5) is 5.69 Å². The smallest absolute Gasteiger partial charge is 0.340 e. The van der Waals surface area contributed by atoms with Gasteiger partial charge in [0, 0.05) is 24.4 Å². The van der Waals surface area contributed by atoms with Crippen LogP contribution in [0.5, 0.6) is 5.75 Å². The number of hydrogen-bond donors (Lipinski definition) is 0. The number of methoxy groups -OCH3 is 2. The fraction of sp³-hybridized carbons (Fsp3) is 0.217. The second-order valence-electron chi connectivity index (χ2n) is 6.92. The molecule has 160 valence electrons. The SMILES string of the molecule is COC(=O)C1=C(C)N(CCc2ccc(OC)cc2)C(=O)/C1=C\c1cccc([N+](=O)[O-])c1. The highest BCUT2D eigenvalue weighted by atomic mass is 16.6. The van der Waals surface area contributed by atoms with E-state index >= 15 is 0 Å². The van der Waals surface area contributed by atoms with Crippen molar-refractivity contribution in [1.29, 1.82) is 0 Å². The third-order valence-electron chi connectivity index (χ3n) is 5.08. The molecule has 0 saturated heterocycles. The lowest BCUT2D eigenvalue weighted by Crippen LogP contribution is -2.27. The predicted molar refractivity (Wildman–Crippen MR) is 114 cm³/mol. The molecule has 0 spiro atoms. The van der Waals surface area contributed by atoms with Crippen molar-refractivity contribution in [1.82, 2.24) is 4.90 Å². The first-order valence-electron chi connectivity index (χ1n) is 9.56. The quantitative estimate of drug-likeness (QED) is 0.293. The molecule has 3 rings (SSSR count). The molecule has 1 aliphatic rings. The summed E-state index contributed by atoms with van der Waals surface area (Å²) in [4.78, 5) is 37.6. The number of nitrogens with zero attached hydrogens (tertiary/aromatic N) is 2. The molecule has 0 atom stereocenters. The number of nitro benzene ring substituents is 1. The van der Waals surface area contributed by atoms with Crippen LogP contribution in [0.1, 0.15) is 18.1 Å². The number of amides is 1. The molecule has 0 bridgehead atoms. The van der Waals surface area contributed by atoms with Crippen molar-refractivity contribution in [2.45, 2.75) is 13.3 Å². The molecular weight excluding hydrogens is 400 g/mol. The van der Waals surface area contributed by atoms with Crippen molar-refractivity contribution in [3.63, 3.8) is 0 Å². The van der Waals surface area contributed by atoms with Crippen molar-refractivity contribution >= 4 is 23.6 Å². The van der Waals surface area contributed by atoms with Gasteiger partial charge in [0.2, 0.25) is 0 Å². The van der Waals surface area contributed by atoms with Gasteiger partial charge in [-0.3, -0.25) is 14.9 Å². The van der Waals surface area contributed by atoms with E-state index in [1.165, 1.54) is 36.3 Å². The summed E-state index contributed by atoms with van der Waals surface area (Å²) in [7, 11) is 2.84. The minimum absolute atomic E-state index is 0.100. The van der Waals surface area contributed by atoms with Gasteiger partial charge in [0.1, 0.15) is 5.75 Å². The highest BCUT2D eigenvalue weighted by Gasteiger charge is 2.36. The maximum Gasteiger partial charge on any atom is 0.340 e. The Labute approximate surface area is 179 Å². The first-order chi connectivity index (χ1) is 14.8. The predicted octanol–water partition coefficient (Wildman–Crippen LogP) is 3.52. The zero-order valence-corrected chi connectivity index (χ0v) is 17.5. The van der Waals surface area contributed by atoms with Gasteiger partial charge in [-0.15, -0.1) is 0 Å². The molecule has 0 radical (unpaired) electrons. The average molecular weight is 422 g/mol. The fourth-order valence-electron chi connectivity index (χ4n) is 3.43. The monoisotopic (exact) mass is 422 g/mol. The van der Waals surface area contributed by atoms with Gasteiger partial charge in [0.15, 0.2) is 0 Å². The van der Waals surface area contributed by atoms with Gasteiger partial charge in [-0.05, 0) is 42.7 Å². The van der Waals surface area contributed by atoms with Gasteiger partial charge in [-0.25, -0.2) is 4.79 Å². The van der Waals surface area contributed by atoms with Gasteiger partial charge >= 0.3 is 5.97 Å². The van der Waals surface area contributed by atoms with E-state index in [9.17, 15) is 19.7 Å². The molecule has 0 unspecified atom stereocenters. The molecule has 0 aliphatic carbocycles. The van der Waals surface area contributed by atoms with E-state index < -0.39 is 10.9 Å². The van der Waals surface area contributed by atoms with Crippen LogP contribution in [-0.2, 0) is 20.7 Å². The molecule has 0 saturated carbocycles. The maximum atomic E-state index is 13.1. The lowest BCUT2D eigenvalue weighted by molar-refractivity contribution is -0.384. The number of carbonyl (C=O) groups is 2. The molecule has 8 nitrogen and oxygen atoms in total. The Morgan fingerprint density at radius 3 is 2.48 bits per heavy atom. The maximum absolute atomic E-state index is 13.1. The van der Waals surface area contributed by atoms with Crippen molar-refractivity contribution in [3.8, 4) is 5.75 Å². The van der Waals surface area contributed by atoms with Gasteiger partial charge in [-0.2, -0.15) is 0 Å². The highest BCUT2D eigenvalue weighted by Crippen LogP contribution is 2.32. The first kappa shape index (κ1) is 21.8. The van der Waals surface area contributed by atoms with Crippen molar-refractivity contribution in [2.24, 2.45) is 0 Å². The van der Waals surface area contributed by atoms with Gasteiger partial charge in [0.05, 0.1) is 30.3 Å². The second-order valence-corrected chi connectivity index (χ2v) is 6.92. The topological polar surface area (TPSA) is 99.0 Å². The zero-order valence-electron chi connectivity index (χ0n) is 17.5. The number of ether oxygens (including phenoxy) is 2. The van der Waals surface area contributed by atoms with Crippen LogP contribution < -0.4 is 4.74 Å². The largest absolute Gasteiger partial charge is 0.497 e. The summed E-state index contributed by atoms with van der Waals surface area (Å²) in [6, 6.07) is 13.4. The minimum Gasteiger partial charge on any atom is -0.497 e. The number of benzene rings is 2. The number of allylic oxidation sites excluding steroid dienone is 1. The average Bonchev–Trinajstić information content (AvgIpc) is 3.01. The third-order valence-corrected chi connectivity index (χ3v) is 5.08.